The molecule has 1 saturated heterocycles. The van der Waals surface area contributed by atoms with E-state index >= 15 is 0 Å². The van der Waals surface area contributed by atoms with E-state index in [1.54, 1.807) is 6.20 Å². The number of carbonyl (C=O) groups excluding carboxylic acids is 1. The molecule has 1 aliphatic rings. The first-order valence-corrected chi connectivity index (χ1v) is 8.30. The summed E-state index contributed by atoms with van der Waals surface area (Å²) in [6.45, 7) is 2.07. The summed E-state index contributed by atoms with van der Waals surface area (Å²) in [6.07, 6.45) is 3.66. The SMILES string of the molecule is O=C(Nc1nccs1)N1CCC(OCc2ccccc2)CC1. The second kappa shape index (κ2) is 7.38. The van der Waals surface area contributed by atoms with E-state index < -0.39 is 0 Å². The quantitative estimate of drug-likeness (QED) is 0.941. The lowest BCUT2D eigenvalue weighted by Crippen LogP contribution is -2.43. The number of aromatic nitrogens is 1. The van der Waals surface area contributed by atoms with E-state index in [4.69, 9.17) is 4.74 Å². The Balaban J connectivity index is 1.41. The van der Waals surface area contributed by atoms with Gasteiger partial charge in [0.25, 0.3) is 0 Å². The first kappa shape index (κ1) is 15.0. The van der Waals surface area contributed by atoms with Gasteiger partial charge in [0, 0.05) is 24.7 Å². The van der Waals surface area contributed by atoms with Crippen LogP contribution < -0.4 is 5.32 Å². The number of rotatable bonds is 4. The van der Waals surface area contributed by atoms with E-state index in [1.807, 2.05) is 28.5 Å². The van der Waals surface area contributed by atoms with E-state index in [0.29, 0.717) is 11.7 Å². The molecule has 0 aliphatic carbocycles. The number of hydrogen-bond acceptors (Lipinski definition) is 4. The van der Waals surface area contributed by atoms with Crippen molar-refractivity contribution >= 4 is 22.5 Å². The Hall–Kier alpha value is -1.92. The number of thiazole rings is 1. The van der Waals surface area contributed by atoms with Crippen LogP contribution in [-0.4, -0.2) is 35.1 Å². The van der Waals surface area contributed by atoms with E-state index in [0.717, 1.165) is 25.9 Å². The lowest BCUT2D eigenvalue weighted by molar-refractivity contribution is 0.00540. The molecule has 22 heavy (non-hydrogen) atoms. The van der Waals surface area contributed by atoms with Crippen molar-refractivity contribution in [2.75, 3.05) is 18.4 Å². The second-order valence-corrected chi connectivity index (χ2v) is 6.14. The molecule has 1 aromatic heterocycles. The molecule has 0 bridgehead atoms. The Morgan fingerprint density at radius 3 is 2.77 bits per heavy atom. The molecule has 0 saturated carbocycles. The Morgan fingerprint density at radius 2 is 2.09 bits per heavy atom. The Labute approximate surface area is 133 Å². The minimum Gasteiger partial charge on any atom is -0.373 e. The van der Waals surface area contributed by atoms with Crippen molar-refractivity contribution in [1.29, 1.82) is 0 Å². The highest BCUT2D eigenvalue weighted by atomic mass is 32.1. The maximum atomic E-state index is 12.1. The summed E-state index contributed by atoms with van der Waals surface area (Å²) in [5.74, 6) is 0. The standard InChI is InChI=1S/C16H19N3O2S/c20-16(18-15-17-8-11-22-15)19-9-6-14(7-10-19)21-12-13-4-2-1-3-5-13/h1-5,8,11,14H,6-7,9-10,12H2,(H,17,18,20). The van der Waals surface area contributed by atoms with Gasteiger partial charge >= 0.3 is 6.03 Å². The summed E-state index contributed by atoms with van der Waals surface area (Å²) in [5.41, 5.74) is 1.19. The highest BCUT2D eigenvalue weighted by Gasteiger charge is 2.23. The number of likely N-dealkylation sites (tertiary alicyclic amines) is 1. The van der Waals surface area contributed by atoms with E-state index in [2.05, 4.69) is 22.4 Å². The fourth-order valence-electron chi connectivity index (χ4n) is 2.47. The van der Waals surface area contributed by atoms with Gasteiger partial charge in [0.1, 0.15) is 0 Å². The Bertz CT molecular complexity index is 581. The number of hydrogen-bond donors (Lipinski definition) is 1. The third-order valence-corrected chi connectivity index (χ3v) is 4.39. The highest BCUT2D eigenvalue weighted by Crippen LogP contribution is 2.17. The van der Waals surface area contributed by atoms with E-state index in [9.17, 15) is 4.79 Å². The van der Waals surface area contributed by atoms with Gasteiger partial charge in [0.2, 0.25) is 0 Å². The molecule has 1 aromatic carbocycles. The molecule has 1 N–H and O–H groups in total. The van der Waals surface area contributed by atoms with Crippen molar-refractivity contribution in [3.63, 3.8) is 0 Å². The summed E-state index contributed by atoms with van der Waals surface area (Å²) in [4.78, 5) is 18.0. The third kappa shape index (κ3) is 4.05. The summed E-state index contributed by atoms with van der Waals surface area (Å²) < 4.78 is 5.93. The highest BCUT2D eigenvalue weighted by molar-refractivity contribution is 7.13. The number of anilines is 1. The lowest BCUT2D eigenvalue weighted by atomic mass is 10.1. The number of benzene rings is 1. The van der Waals surface area contributed by atoms with Crippen molar-refractivity contribution in [3.05, 3.63) is 47.5 Å². The van der Waals surface area contributed by atoms with Crippen LogP contribution in [0.1, 0.15) is 18.4 Å². The first-order valence-electron chi connectivity index (χ1n) is 7.42. The molecule has 5 nitrogen and oxygen atoms in total. The zero-order valence-corrected chi connectivity index (χ0v) is 13.1. The minimum atomic E-state index is -0.0727. The summed E-state index contributed by atoms with van der Waals surface area (Å²) in [7, 11) is 0. The van der Waals surface area contributed by atoms with Crippen LogP contribution in [0.5, 0.6) is 0 Å². The van der Waals surface area contributed by atoms with E-state index in [-0.39, 0.29) is 12.1 Å². The van der Waals surface area contributed by atoms with Crippen LogP contribution >= 0.6 is 11.3 Å². The zero-order valence-electron chi connectivity index (χ0n) is 12.3. The number of piperidine rings is 1. The average Bonchev–Trinajstić information content (AvgIpc) is 3.07. The van der Waals surface area contributed by atoms with Gasteiger partial charge in [-0.15, -0.1) is 11.3 Å². The monoisotopic (exact) mass is 317 g/mol. The van der Waals surface area contributed by atoms with Crippen LogP contribution in [0.3, 0.4) is 0 Å². The Kier molecular flexibility index (Phi) is 5.03. The van der Waals surface area contributed by atoms with E-state index in [1.165, 1.54) is 16.9 Å². The molecular formula is C16H19N3O2S. The van der Waals surface area contributed by atoms with Crippen molar-refractivity contribution < 1.29 is 9.53 Å². The fourth-order valence-corrected chi connectivity index (χ4v) is 2.99. The fraction of sp³-hybridized carbons (Fsp3) is 0.375. The molecule has 2 amide bonds. The number of amides is 2. The summed E-state index contributed by atoms with van der Waals surface area (Å²) >= 11 is 1.43. The summed E-state index contributed by atoms with van der Waals surface area (Å²) in [6, 6.07) is 10.1. The Morgan fingerprint density at radius 1 is 1.32 bits per heavy atom. The molecule has 0 atom stereocenters. The normalized spacial score (nSPS) is 15.7. The average molecular weight is 317 g/mol. The largest absolute Gasteiger partial charge is 0.373 e. The van der Waals surface area contributed by atoms with Crippen molar-refractivity contribution in [3.8, 4) is 0 Å². The van der Waals surface area contributed by atoms with Crippen molar-refractivity contribution in [2.24, 2.45) is 0 Å². The van der Waals surface area contributed by atoms with Crippen LogP contribution in [-0.2, 0) is 11.3 Å². The van der Waals surface area contributed by atoms with Crippen LogP contribution in [0.25, 0.3) is 0 Å². The number of urea groups is 1. The van der Waals surface area contributed by atoms with Gasteiger partial charge in [-0.05, 0) is 18.4 Å². The molecule has 3 rings (SSSR count). The molecule has 0 unspecified atom stereocenters. The molecule has 0 spiro atoms. The van der Waals surface area contributed by atoms with Gasteiger partial charge in [-0.1, -0.05) is 30.3 Å². The first-order chi connectivity index (χ1) is 10.8. The third-order valence-electron chi connectivity index (χ3n) is 3.70. The molecule has 1 aliphatic heterocycles. The van der Waals surface area contributed by atoms with Gasteiger partial charge in [0.05, 0.1) is 12.7 Å². The van der Waals surface area contributed by atoms with Gasteiger partial charge in [-0.2, -0.15) is 0 Å². The summed E-state index contributed by atoms with van der Waals surface area (Å²) in [5, 5.41) is 5.31. The van der Waals surface area contributed by atoms with Crippen molar-refractivity contribution in [2.45, 2.75) is 25.6 Å². The number of carbonyl (C=O) groups is 1. The number of nitrogens with zero attached hydrogens (tertiary/aromatic N) is 2. The predicted molar refractivity (Wildman–Crippen MR) is 87.0 cm³/mol. The van der Waals surface area contributed by atoms with Gasteiger partial charge in [-0.3, -0.25) is 5.32 Å². The van der Waals surface area contributed by atoms with Crippen LogP contribution in [0.4, 0.5) is 9.93 Å². The minimum absolute atomic E-state index is 0.0727. The maximum Gasteiger partial charge on any atom is 0.323 e. The predicted octanol–water partition coefficient (Wildman–Crippen LogP) is 3.36. The van der Waals surface area contributed by atoms with Crippen LogP contribution in [0.15, 0.2) is 41.9 Å². The maximum absolute atomic E-state index is 12.1. The molecule has 6 heteroatoms. The molecule has 2 heterocycles. The molecule has 0 radical (unpaired) electrons. The van der Waals surface area contributed by atoms with Crippen LogP contribution in [0.2, 0.25) is 0 Å². The smallest absolute Gasteiger partial charge is 0.323 e. The lowest BCUT2D eigenvalue weighted by Gasteiger charge is -2.31. The van der Waals surface area contributed by atoms with Crippen molar-refractivity contribution in [1.82, 2.24) is 9.88 Å². The topological polar surface area (TPSA) is 54.5 Å². The van der Waals surface area contributed by atoms with Gasteiger partial charge in [0.15, 0.2) is 5.13 Å². The molecule has 1 fully saturated rings. The number of nitrogens with one attached hydrogen (secondary N) is 1. The van der Waals surface area contributed by atoms with Gasteiger partial charge in [-0.25, -0.2) is 9.78 Å². The molecule has 2 aromatic rings. The number of ether oxygens (including phenoxy) is 1. The van der Waals surface area contributed by atoms with Crippen LogP contribution in [0, 0.1) is 0 Å². The van der Waals surface area contributed by atoms with Gasteiger partial charge < -0.3 is 9.64 Å². The molecule has 116 valence electrons. The molecular weight excluding hydrogens is 298 g/mol. The second-order valence-electron chi connectivity index (χ2n) is 5.25. The zero-order chi connectivity index (χ0) is 15.2.